The Balaban J connectivity index is 2.20. The second-order valence-electron chi connectivity index (χ2n) is 3.70. The molecule has 1 aromatic rings. The molecule has 86 valence electrons. The summed E-state index contributed by atoms with van der Waals surface area (Å²) in [6.45, 7) is 6.34. The quantitative estimate of drug-likeness (QED) is 0.814. The van der Waals surface area contributed by atoms with Gasteiger partial charge in [-0.2, -0.15) is 0 Å². The lowest BCUT2D eigenvalue weighted by molar-refractivity contribution is 0.0976. The van der Waals surface area contributed by atoms with Crippen LogP contribution in [0.2, 0.25) is 0 Å². The minimum Gasteiger partial charge on any atom is -0.466 e. The molecule has 0 bridgehead atoms. The molecular formula is C11H14N2O2S. The zero-order chi connectivity index (χ0) is 11.7. The summed E-state index contributed by atoms with van der Waals surface area (Å²) in [4.78, 5) is 16.2. The van der Waals surface area contributed by atoms with Gasteiger partial charge < -0.3 is 9.73 Å². The summed E-state index contributed by atoms with van der Waals surface area (Å²) in [5.74, 6) is 2.28. The molecule has 0 saturated heterocycles. The molecule has 1 aliphatic rings. The van der Waals surface area contributed by atoms with Crippen LogP contribution in [0.4, 0.5) is 0 Å². The number of amides is 1. The minimum atomic E-state index is -0.125. The van der Waals surface area contributed by atoms with Crippen molar-refractivity contribution in [1.29, 1.82) is 0 Å². The number of carbonyl (C=O) groups excluding carboxylic acids is 1. The largest absolute Gasteiger partial charge is 0.466 e. The molecule has 2 rings (SSSR count). The first kappa shape index (κ1) is 11.3. The summed E-state index contributed by atoms with van der Waals surface area (Å²) in [7, 11) is 0. The number of furan rings is 1. The molecule has 0 fully saturated rings. The number of nitrogens with one attached hydrogen (secondary N) is 1. The summed E-state index contributed by atoms with van der Waals surface area (Å²) in [5, 5.41) is 3.51. The Hall–Kier alpha value is -1.23. The zero-order valence-corrected chi connectivity index (χ0v) is 10.4. The van der Waals surface area contributed by atoms with E-state index in [9.17, 15) is 4.79 Å². The van der Waals surface area contributed by atoms with E-state index in [0.29, 0.717) is 16.5 Å². The molecule has 0 spiro atoms. The van der Waals surface area contributed by atoms with Gasteiger partial charge in [-0.15, -0.1) is 0 Å². The number of rotatable bonds is 1. The van der Waals surface area contributed by atoms with Crippen LogP contribution in [0, 0.1) is 20.8 Å². The molecule has 0 aliphatic carbocycles. The van der Waals surface area contributed by atoms with E-state index in [-0.39, 0.29) is 5.91 Å². The Morgan fingerprint density at radius 1 is 1.38 bits per heavy atom. The third-order valence-electron chi connectivity index (χ3n) is 2.59. The molecular weight excluding hydrogens is 224 g/mol. The maximum atomic E-state index is 12.0. The molecule has 16 heavy (non-hydrogen) atoms. The second-order valence-corrected chi connectivity index (χ2v) is 4.79. The Morgan fingerprint density at radius 3 is 2.62 bits per heavy atom. The minimum absolute atomic E-state index is 0.125. The molecule has 4 nitrogen and oxygen atoms in total. The number of nitrogens with zero attached hydrogens (tertiary/aromatic N) is 1. The molecule has 5 heteroatoms. The van der Waals surface area contributed by atoms with E-state index in [1.54, 1.807) is 18.7 Å². The van der Waals surface area contributed by atoms with Crippen LogP contribution in [0.1, 0.15) is 27.4 Å². The first-order valence-electron chi connectivity index (χ1n) is 5.15. The van der Waals surface area contributed by atoms with Crippen LogP contribution < -0.4 is 5.32 Å². The van der Waals surface area contributed by atoms with Gasteiger partial charge >= 0.3 is 0 Å². The molecule has 1 amide bonds. The molecule has 0 aromatic carbocycles. The van der Waals surface area contributed by atoms with Crippen LogP contribution in [0.25, 0.3) is 0 Å². The molecule has 1 aliphatic heterocycles. The average Bonchev–Trinajstić information content (AvgIpc) is 2.77. The van der Waals surface area contributed by atoms with Gasteiger partial charge in [0.25, 0.3) is 5.91 Å². The van der Waals surface area contributed by atoms with Gasteiger partial charge in [-0.1, -0.05) is 11.8 Å². The van der Waals surface area contributed by atoms with Gasteiger partial charge in [-0.3, -0.25) is 9.79 Å². The van der Waals surface area contributed by atoms with Crippen LogP contribution in [0.3, 0.4) is 0 Å². The molecule has 0 saturated carbocycles. The molecule has 2 heterocycles. The van der Waals surface area contributed by atoms with Gasteiger partial charge in [0.1, 0.15) is 11.5 Å². The Kier molecular flexibility index (Phi) is 3.05. The van der Waals surface area contributed by atoms with Crippen molar-refractivity contribution < 1.29 is 9.21 Å². The second kappa shape index (κ2) is 4.33. The Bertz CT molecular complexity index is 463. The highest BCUT2D eigenvalue weighted by Crippen LogP contribution is 2.21. The number of hydrogen-bond donors (Lipinski definition) is 1. The lowest BCUT2D eigenvalue weighted by Crippen LogP contribution is -2.28. The van der Waals surface area contributed by atoms with E-state index in [1.165, 1.54) is 0 Å². The molecule has 0 unspecified atom stereocenters. The number of thioether (sulfide) groups is 1. The van der Waals surface area contributed by atoms with Crippen LogP contribution >= 0.6 is 11.8 Å². The van der Waals surface area contributed by atoms with Crippen molar-refractivity contribution >= 4 is 22.8 Å². The molecule has 1 N–H and O–H groups in total. The van der Waals surface area contributed by atoms with Crippen molar-refractivity contribution in [1.82, 2.24) is 5.32 Å². The lowest BCUT2D eigenvalue weighted by Gasteiger charge is -2.03. The lowest BCUT2D eigenvalue weighted by atomic mass is 10.1. The standard InChI is InChI=1S/C11H14N2O2S/c1-6-7(2)15-8(3)9(6)10(14)13-11-12-4-5-16-11/h4-5H2,1-3H3,(H,12,13,14). The monoisotopic (exact) mass is 238 g/mol. The average molecular weight is 238 g/mol. The maximum absolute atomic E-state index is 12.0. The number of aryl methyl sites for hydroxylation is 2. The number of amidine groups is 1. The summed E-state index contributed by atoms with van der Waals surface area (Å²) >= 11 is 1.57. The van der Waals surface area contributed by atoms with Crippen LogP contribution in [0.15, 0.2) is 9.41 Å². The molecule has 1 aromatic heterocycles. The van der Waals surface area contributed by atoms with Gasteiger partial charge in [0.15, 0.2) is 5.17 Å². The topological polar surface area (TPSA) is 54.6 Å². The van der Waals surface area contributed by atoms with Crippen molar-refractivity contribution in [2.45, 2.75) is 20.8 Å². The van der Waals surface area contributed by atoms with Gasteiger partial charge in [-0.25, -0.2) is 0 Å². The van der Waals surface area contributed by atoms with Crippen molar-refractivity contribution in [3.8, 4) is 0 Å². The van der Waals surface area contributed by atoms with Gasteiger partial charge in [0, 0.05) is 11.3 Å². The summed E-state index contributed by atoms with van der Waals surface area (Å²) in [6, 6.07) is 0. The fourth-order valence-electron chi connectivity index (χ4n) is 1.70. The summed E-state index contributed by atoms with van der Waals surface area (Å²) in [6.07, 6.45) is 0. The molecule has 0 radical (unpaired) electrons. The molecule has 0 atom stereocenters. The van der Waals surface area contributed by atoms with Gasteiger partial charge in [0.05, 0.1) is 12.1 Å². The van der Waals surface area contributed by atoms with E-state index >= 15 is 0 Å². The van der Waals surface area contributed by atoms with E-state index in [2.05, 4.69) is 10.3 Å². The first-order valence-corrected chi connectivity index (χ1v) is 6.13. The Labute approximate surface area is 98.5 Å². The van der Waals surface area contributed by atoms with Crippen molar-refractivity contribution in [2.75, 3.05) is 12.3 Å². The predicted molar refractivity (Wildman–Crippen MR) is 65.1 cm³/mol. The zero-order valence-electron chi connectivity index (χ0n) is 9.59. The normalized spacial score (nSPS) is 15.1. The highest BCUT2D eigenvalue weighted by molar-refractivity contribution is 8.14. The van der Waals surface area contributed by atoms with E-state index in [0.717, 1.165) is 23.6 Å². The Morgan fingerprint density at radius 2 is 2.12 bits per heavy atom. The fraction of sp³-hybridized carbons (Fsp3) is 0.455. The smallest absolute Gasteiger partial charge is 0.261 e. The van der Waals surface area contributed by atoms with Gasteiger partial charge in [-0.05, 0) is 20.8 Å². The number of aliphatic imine (C=N–C) groups is 1. The maximum Gasteiger partial charge on any atom is 0.261 e. The van der Waals surface area contributed by atoms with Crippen LogP contribution in [-0.4, -0.2) is 23.4 Å². The van der Waals surface area contributed by atoms with Crippen molar-refractivity contribution in [2.24, 2.45) is 4.99 Å². The SMILES string of the molecule is Cc1oc(C)c(C(=O)NC2=NCCS2)c1C. The van der Waals surface area contributed by atoms with Crippen molar-refractivity contribution in [3.63, 3.8) is 0 Å². The highest BCUT2D eigenvalue weighted by Gasteiger charge is 2.20. The first-order chi connectivity index (χ1) is 7.59. The third kappa shape index (κ3) is 2.00. The van der Waals surface area contributed by atoms with Crippen LogP contribution in [-0.2, 0) is 0 Å². The third-order valence-corrected chi connectivity index (χ3v) is 3.49. The van der Waals surface area contributed by atoms with Crippen molar-refractivity contribution in [3.05, 3.63) is 22.6 Å². The van der Waals surface area contributed by atoms with E-state index in [4.69, 9.17) is 4.42 Å². The number of hydrogen-bond acceptors (Lipinski definition) is 4. The van der Waals surface area contributed by atoms with E-state index < -0.39 is 0 Å². The summed E-state index contributed by atoms with van der Waals surface area (Å²) in [5.41, 5.74) is 1.53. The summed E-state index contributed by atoms with van der Waals surface area (Å²) < 4.78 is 5.42. The predicted octanol–water partition coefficient (Wildman–Crippen LogP) is 2.04. The van der Waals surface area contributed by atoms with E-state index in [1.807, 2.05) is 13.8 Å². The number of carbonyl (C=O) groups is 1. The van der Waals surface area contributed by atoms with Gasteiger partial charge in [0.2, 0.25) is 0 Å². The fourth-order valence-corrected chi connectivity index (χ4v) is 2.42. The van der Waals surface area contributed by atoms with Crippen LogP contribution in [0.5, 0.6) is 0 Å². The highest BCUT2D eigenvalue weighted by atomic mass is 32.2.